The molecule has 0 spiro atoms. The fraction of sp³-hybridized carbons (Fsp3) is 0.0625. The van der Waals surface area contributed by atoms with Crippen LogP contribution in [0.5, 0.6) is 0 Å². The number of carboxylic acid groups (broad SMARTS) is 1. The highest BCUT2D eigenvalue weighted by molar-refractivity contribution is 6.31. The van der Waals surface area contributed by atoms with Gasteiger partial charge >= 0.3 is 12.1 Å². The first kappa shape index (κ1) is 15.4. The molecule has 1 N–H and O–H groups in total. The molecule has 0 unspecified atom stereocenters. The van der Waals surface area contributed by atoms with Crippen LogP contribution in [0.15, 0.2) is 48.7 Å². The molecule has 0 fully saturated rings. The van der Waals surface area contributed by atoms with E-state index in [0.29, 0.717) is 16.6 Å². The van der Waals surface area contributed by atoms with Gasteiger partial charge in [0.05, 0.1) is 22.3 Å². The summed E-state index contributed by atoms with van der Waals surface area (Å²) in [5.74, 6) is -1.43. The summed E-state index contributed by atoms with van der Waals surface area (Å²) in [5, 5.41) is 10.5. The van der Waals surface area contributed by atoms with Crippen LogP contribution in [0.2, 0.25) is 5.02 Å². The van der Waals surface area contributed by atoms with Gasteiger partial charge in [-0.1, -0.05) is 11.6 Å². The van der Waals surface area contributed by atoms with Gasteiger partial charge in [0.1, 0.15) is 0 Å². The van der Waals surface area contributed by atoms with Gasteiger partial charge in [0.25, 0.3) is 0 Å². The summed E-state index contributed by atoms with van der Waals surface area (Å²) in [7, 11) is 0. The molecule has 0 aliphatic carbocycles. The SMILES string of the molecule is O=C(O)c1cc(C(F)(F)F)ccc1-n1ccc2cc(Cl)ccc21. The van der Waals surface area contributed by atoms with Crippen molar-refractivity contribution in [2.45, 2.75) is 6.18 Å². The molecule has 2 aromatic carbocycles. The molecule has 0 aliphatic heterocycles. The summed E-state index contributed by atoms with van der Waals surface area (Å²) in [6.07, 6.45) is -3.01. The number of benzene rings is 2. The van der Waals surface area contributed by atoms with Crippen LogP contribution in [0.1, 0.15) is 15.9 Å². The fourth-order valence-electron chi connectivity index (χ4n) is 2.42. The molecule has 0 saturated carbocycles. The minimum absolute atomic E-state index is 0.155. The Morgan fingerprint density at radius 1 is 1.09 bits per heavy atom. The van der Waals surface area contributed by atoms with E-state index in [0.717, 1.165) is 17.5 Å². The number of carboxylic acids is 1. The maximum absolute atomic E-state index is 12.8. The monoisotopic (exact) mass is 339 g/mol. The van der Waals surface area contributed by atoms with E-state index in [1.54, 1.807) is 30.5 Å². The van der Waals surface area contributed by atoms with Crippen LogP contribution in [0.25, 0.3) is 16.6 Å². The van der Waals surface area contributed by atoms with Gasteiger partial charge in [-0.15, -0.1) is 0 Å². The lowest BCUT2D eigenvalue weighted by Gasteiger charge is -2.13. The molecular weight excluding hydrogens is 331 g/mol. The Labute approximate surface area is 133 Å². The van der Waals surface area contributed by atoms with Gasteiger partial charge in [0.15, 0.2) is 0 Å². The summed E-state index contributed by atoms with van der Waals surface area (Å²) >= 11 is 5.90. The van der Waals surface area contributed by atoms with Gasteiger partial charge in [-0.2, -0.15) is 13.2 Å². The number of aromatic nitrogens is 1. The van der Waals surface area contributed by atoms with Crippen LogP contribution in [0.4, 0.5) is 13.2 Å². The average Bonchev–Trinajstić information content (AvgIpc) is 2.88. The normalized spacial score (nSPS) is 11.8. The number of fused-ring (bicyclic) bond motifs is 1. The summed E-state index contributed by atoms with van der Waals surface area (Å²) in [5.41, 5.74) is -0.620. The number of rotatable bonds is 2. The largest absolute Gasteiger partial charge is 0.478 e. The van der Waals surface area contributed by atoms with Crippen molar-refractivity contribution in [2.75, 3.05) is 0 Å². The molecule has 0 atom stereocenters. The number of nitrogens with zero attached hydrogens (tertiary/aromatic N) is 1. The van der Waals surface area contributed by atoms with Gasteiger partial charge in [0.2, 0.25) is 0 Å². The Morgan fingerprint density at radius 2 is 1.83 bits per heavy atom. The van der Waals surface area contributed by atoms with E-state index in [9.17, 15) is 23.1 Å². The van der Waals surface area contributed by atoms with Gasteiger partial charge in [-0.05, 0) is 42.5 Å². The van der Waals surface area contributed by atoms with Crippen molar-refractivity contribution in [3.05, 3.63) is 64.8 Å². The molecule has 1 heterocycles. The highest BCUT2D eigenvalue weighted by Crippen LogP contribution is 2.32. The first-order valence-electron chi connectivity index (χ1n) is 6.49. The zero-order valence-corrected chi connectivity index (χ0v) is 12.2. The third kappa shape index (κ3) is 2.77. The van der Waals surface area contributed by atoms with E-state index in [2.05, 4.69) is 0 Å². The van der Waals surface area contributed by atoms with E-state index in [-0.39, 0.29) is 5.69 Å². The highest BCUT2D eigenvalue weighted by atomic mass is 35.5. The summed E-state index contributed by atoms with van der Waals surface area (Å²) < 4.78 is 39.9. The smallest absolute Gasteiger partial charge is 0.416 e. The van der Waals surface area contributed by atoms with Crippen LogP contribution >= 0.6 is 11.6 Å². The molecule has 0 radical (unpaired) electrons. The number of carbonyl (C=O) groups is 1. The molecule has 3 aromatic rings. The second kappa shape index (κ2) is 5.31. The number of hydrogen-bond donors (Lipinski definition) is 1. The lowest BCUT2D eigenvalue weighted by Crippen LogP contribution is -2.10. The standard InChI is InChI=1S/C16H9ClF3NO2/c17-11-2-4-13-9(7-11)5-6-21(13)14-3-1-10(16(18,19)20)8-12(14)15(22)23/h1-8H,(H,22,23). The predicted octanol–water partition coefficient (Wildman–Crippen LogP) is 5.00. The summed E-state index contributed by atoms with van der Waals surface area (Å²) in [4.78, 5) is 11.4. The van der Waals surface area contributed by atoms with Crippen LogP contribution in [-0.4, -0.2) is 15.6 Å². The summed E-state index contributed by atoms with van der Waals surface area (Å²) in [6.45, 7) is 0. The topological polar surface area (TPSA) is 42.2 Å². The molecular formula is C16H9ClF3NO2. The van der Waals surface area contributed by atoms with E-state index in [1.165, 1.54) is 4.57 Å². The maximum atomic E-state index is 12.8. The van der Waals surface area contributed by atoms with Crippen molar-refractivity contribution in [3.8, 4) is 5.69 Å². The Hall–Kier alpha value is -2.47. The Morgan fingerprint density at radius 3 is 2.48 bits per heavy atom. The van der Waals surface area contributed by atoms with E-state index in [1.807, 2.05) is 0 Å². The molecule has 0 aliphatic rings. The number of hydrogen-bond acceptors (Lipinski definition) is 1. The predicted molar refractivity (Wildman–Crippen MR) is 80.2 cm³/mol. The first-order chi connectivity index (χ1) is 10.8. The minimum Gasteiger partial charge on any atom is -0.478 e. The van der Waals surface area contributed by atoms with Crippen molar-refractivity contribution in [1.82, 2.24) is 4.57 Å². The maximum Gasteiger partial charge on any atom is 0.416 e. The van der Waals surface area contributed by atoms with E-state index in [4.69, 9.17) is 11.6 Å². The lowest BCUT2D eigenvalue weighted by atomic mass is 10.1. The van der Waals surface area contributed by atoms with Crippen LogP contribution in [0, 0.1) is 0 Å². The average molecular weight is 340 g/mol. The van der Waals surface area contributed by atoms with Gasteiger partial charge in [-0.25, -0.2) is 4.79 Å². The Kier molecular flexibility index (Phi) is 3.56. The van der Waals surface area contributed by atoms with E-state index < -0.39 is 23.3 Å². The van der Waals surface area contributed by atoms with Crippen molar-refractivity contribution >= 4 is 28.5 Å². The molecule has 23 heavy (non-hydrogen) atoms. The Balaban J connectivity index is 2.24. The van der Waals surface area contributed by atoms with Crippen molar-refractivity contribution in [1.29, 1.82) is 0 Å². The molecule has 3 nitrogen and oxygen atoms in total. The molecule has 3 rings (SSSR count). The second-order valence-corrected chi connectivity index (χ2v) is 5.36. The summed E-state index contributed by atoms with van der Waals surface area (Å²) in [6, 6.07) is 9.37. The van der Waals surface area contributed by atoms with Crippen LogP contribution < -0.4 is 0 Å². The number of aromatic carboxylic acids is 1. The van der Waals surface area contributed by atoms with Gasteiger partial charge in [-0.3, -0.25) is 0 Å². The quantitative estimate of drug-likeness (QED) is 0.713. The molecule has 118 valence electrons. The number of alkyl halides is 3. The van der Waals surface area contributed by atoms with Crippen molar-refractivity contribution in [2.24, 2.45) is 0 Å². The zero-order chi connectivity index (χ0) is 16.8. The zero-order valence-electron chi connectivity index (χ0n) is 11.4. The van der Waals surface area contributed by atoms with Gasteiger partial charge in [0, 0.05) is 16.6 Å². The minimum atomic E-state index is -4.60. The first-order valence-corrected chi connectivity index (χ1v) is 6.87. The Bertz CT molecular complexity index is 915. The molecule has 0 saturated heterocycles. The molecule has 0 bridgehead atoms. The lowest BCUT2D eigenvalue weighted by molar-refractivity contribution is -0.137. The molecule has 1 aromatic heterocycles. The van der Waals surface area contributed by atoms with Crippen LogP contribution in [-0.2, 0) is 6.18 Å². The van der Waals surface area contributed by atoms with E-state index >= 15 is 0 Å². The van der Waals surface area contributed by atoms with Crippen molar-refractivity contribution < 1.29 is 23.1 Å². The third-order valence-corrected chi connectivity index (χ3v) is 3.70. The highest BCUT2D eigenvalue weighted by Gasteiger charge is 2.32. The molecule has 7 heteroatoms. The van der Waals surface area contributed by atoms with Crippen molar-refractivity contribution in [3.63, 3.8) is 0 Å². The van der Waals surface area contributed by atoms with Gasteiger partial charge < -0.3 is 9.67 Å². The second-order valence-electron chi connectivity index (χ2n) is 4.92. The number of halogens is 4. The molecule has 0 amide bonds. The third-order valence-electron chi connectivity index (χ3n) is 3.47. The van der Waals surface area contributed by atoms with Crippen LogP contribution in [0.3, 0.4) is 0 Å². The fourth-order valence-corrected chi connectivity index (χ4v) is 2.60.